The molecule has 1 amide bonds. The first-order valence-corrected chi connectivity index (χ1v) is 7.62. The zero-order valence-electron chi connectivity index (χ0n) is 12.1. The molecule has 2 N–H and O–H groups in total. The number of β-amino-alcohol motifs (C(OH)–C–C–N with tert-alkyl or cyclic N) is 1. The molecule has 0 spiro atoms. The number of nitrogens with zero attached hydrogens (tertiary/aromatic N) is 2. The maximum absolute atomic E-state index is 11.9. The topological polar surface area (TPSA) is 55.8 Å². The first-order chi connectivity index (χ1) is 10.2. The maximum atomic E-state index is 11.9. The Morgan fingerprint density at radius 3 is 2.38 bits per heavy atom. The standard InChI is InChI=1S/C15H22ClN3O2/c16-14-3-1-13(2-4-14)11-15(21)17-12-19-7-5-18(6-8-19)9-10-20/h1-4,20H,5-12H2,(H,17,21). The van der Waals surface area contributed by atoms with Crippen LogP contribution in [0.15, 0.2) is 24.3 Å². The lowest BCUT2D eigenvalue weighted by Crippen LogP contribution is -2.50. The summed E-state index contributed by atoms with van der Waals surface area (Å²) >= 11 is 5.82. The van der Waals surface area contributed by atoms with Gasteiger partial charge < -0.3 is 10.4 Å². The van der Waals surface area contributed by atoms with Crippen molar-refractivity contribution in [1.29, 1.82) is 0 Å². The molecule has 1 aromatic rings. The van der Waals surface area contributed by atoms with Crippen molar-refractivity contribution in [3.8, 4) is 0 Å². The molecule has 2 rings (SSSR count). The van der Waals surface area contributed by atoms with Crippen LogP contribution >= 0.6 is 11.6 Å². The summed E-state index contributed by atoms with van der Waals surface area (Å²) in [6.07, 6.45) is 0.377. The molecule has 0 aliphatic carbocycles. The van der Waals surface area contributed by atoms with Gasteiger partial charge >= 0.3 is 0 Å². The SMILES string of the molecule is O=C(Cc1ccc(Cl)cc1)NCN1CCN(CCO)CC1. The second-order valence-electron chi connectivity index (χ2n) is 5.24. The van der Waals surface area contributed by atoms with Gasteiger partial charge in [-0.3, -0.25) is 14.6 Å². The van der Waals surface area contributed by atoms with Gasteiger partial charge in [-0.05, 0) is 17.7 Å². The van der Waals surface area contributed by atoms with Crippen molar-refractivity contribution < 1.29 is 9.90 Å². The monoisotopic (exact) mass is 311 g/mol. The van der Waals surface area contributed by atoms with Crippen LogP contribution in [0.5, 0.6) is 0 Å². The lowest BCUT2D eigenvalue weighted by atomic mass is 10.1. The molecular weight excluding hydrogens is 290 g/mol. The third-order valence-corrected chi connectivity index (χ3v) is 3.91. The molecule has 1 heterocycles. The minimum Gasteiger partial charge on any atom is -0.395 e. The normalized spacial score (nSPS) is 16.9. The predicted molar refractivity (Wildman–Crippen MR) is 83.3 cm³/mol. The molecule has 1 aromatic carbocycles. The van der Waals surface area contributed by atoms with Crippen LogP contribution in [0.25, 0.3) is 0 Å². The first kappa shape index (κ1) is 16.2. The average Bonchev–Trinajstić information content (AvgIpc) is 2.49. The highest BCUT2D eigenvalue weighted by Crippen LogP contribution is 2.09. The van der Waals surface area contributed by atoms with Crippen LogP contribution in [0, 0.1) is 0 Å². The molecule has 1 saturated heterocycles. The van der Waals surface area contributed by atoms with E-state index in [1.807, 2.05) is 12.1 Å². The molecule has 1 aliphatic heterocycles. The van der Waals surface area contributed by atoms with E-state index in [1.165, 1.54) is 0 Å². The third kappa shape index (κ3) is 5.63. The van der Waals surface area contributed by atoms with E-state index >= 15 is 0 Å². The predicted octanol–water partition coefficient (Wildman–Crippen LogP) is 0.566. The zero-order chi connectivity index (χ0) is 15.1. The van der Waals surface area contributed by atoms with Crippen LogP contribution in [0.3, 0.4) is 0 Å². The Balaban J connectivity index is 1.66. The summed E-state index contributed by atoms with van der Waals surface area (Å²) in [6.45, 7) is 5.23. The number of carbonyl (C=O) groups excluding carboxylic acids is 1. The number of hydrogen-bond acceptors (Lipinski definition) is 4. The van der Waals surface area contributed by atoms with Crippen LogP contribution in [-0.2, 0) is 11.2 Å². The Hall–Kier alpha value is -1.14. The van der Waals surface area contributed by atoms with Crippen LogP contribution in [0.4, 0.5) is 0 Å². The molecule has 21 heavy (non-hydrogen) atoms. The molecule has 0 radical (unpaired) electrons. The fourth-order valence-corrected chi connectivity index (χ4v) is 2.49. The van der Waals surface area contributed by atoms with Crippen LogP contribution < -0.4 is 5.32 Å². The molecule has 1 aliphatic rings. The highest BCUT2D eigenvalue weighted by molar-refractivity contribution is 6.30. The average molecular weight is 312 g/mol. The molecule has 0 unspecified atom stereocenters. The number of aliphatic hydroxyl groups is 1. The number of hydrogen-bond donors (Lipinski definition) is 2. The summed E-state index contributed by atoms with van der Waals surface area (Å²) in [6, 6.07) is 7.33. The lowest BCUT2D eigenvalue weighted by molar-refractivity contribution is -0.121. The Bertz CT molecular complexity index is 445. The van der Waals surface area contributed by atoms with E-state index in [-0.39, 0.29) is 12.5 Å². The fraction of sp³-hybridized carbons (Fsp3) is 0.533. The summed E-state index contributed by atoms with van der Waals surface area (Å²) in [5, 5.41) is 12.5. The van der Waals surface area contributed by atoms with Gasteiger partial charge in [-0.1, -0.05) is 23.7 Å². The van der Waals surface area contributed by atoms with E-state index in [0.29, 0.717) is 18.1 Å². The van der Waals surface area contributed by atoms with Gasteiger partial charge in [-0.15, -0.1) is 0 Å². The number of aliphatic hydroxyl groups excluding tert-OH is 1. The van der Waals surface area contributed by atoms with E-state index in [2.05, 4.69) is 15.1 Å². The van der Waals surface area contributed by atoms with E-state index in [9.17, 15) is 4.79 Å². The minimum atomic E-state index is 0.0233. The Morgan fingerprint density at radius 1 is 1.14 bits per heavy atom. The van der Waals surface area contributed by atoms with E-state index in [0.717, 1.165) is 38.3 Å². The van der Waals surface area contributed by atoms with Crippen LogP contribution in [0.1, 0.15) is 5.56 Å². The van der Waals surface area contributed by atoms with Crippen molar-refractivity contribution >= 4 is 17.5 Å². The quantitative estimate of drug-likeness (QED) is 0.806. The van der Waals surface area contributed by atoms with E-state index < -0.39 is 0 Å². The summed E-state index contributed by atoms with van der Waals surface area (Å²) in [7, 11) is 0. The molecule has 6 heteroatoms. The Kier molecular flexibility index (Phi) is 6.45. The van der Waals surface area contributed by atoms with Gasteiger partial charge in [-0.25, -0.2) is 0 Å². The Morgan fingerprint density at radius 2 is 1.76 bits per heavy atom. The van der Waals surface area contributed by atoms with Crippen molar-refractivity contribution in [2.24, 2.45) is 0 Å². The highest BCUT2D eigenvalue weighted by Gasteiger charge is 2.16. The summed E-state index contributed by atoms with van der Waals surface area (Å²) in [4.78, 5) is 16.3. The number of piperazine rings is 1. The van der Waals surface area contributed by atoms with Crippen LogP contribution in [-0.4, -0.2) is 66.8 Å². The van der Waals surface area contributed by atoms with Crippen molar-refractivity contribution in [1.82, 2.24) is 15.1 Å². The van der Waals surface area contributed by atoms with Gasteiger partial charge in [0.05, 0.1) is 19.7 Å². The molecular formula is C15H22ClN3O2. The van der Waals surface area contributed by atoms with Crippen molar-refractivity contribution in [3.63, 3.8) is 0 Å². The summed E-state index contributed by atoms with van der Waals surface area (Å²) in [5.41, 5.74) is 0.963. The van der Waals surface area contributed by atoms with Gasteiger partial charge in [0.25, 0.3) is 0 Å². The number of rotatable bonds is 6. The van der Waals surface area contributed by atoms with Crippen molar-refractivity contribution in [2.45, 2.75) is 6.42 Å². The molecule has 0 aromatic heterocycles. The fourth-order valence-electron chi connectivity index (χ4n) is 2.36. The second-order valence-corrected chi connectivity index (χ2v) is 5.68. The smallest absolute Gasteiger partial charge is 0.225 e. The van der Waals surface area contributed by atoms with Gasteiger partial charge in [0.1, 0.15) is 0 Å². The van der Waals surface area contributed by atoms with Crippen molar-refractivity contribution in [3.05, 3.63) is 34.9 Å². The lowest BCUT2D eigenvalue weighted by Gasteiger charge is -2.34. The van der Waals surface area contributed by atoms with Gasteiger partial charge in [0, 0.05) is 37.7 Å². The van der Waals surface area contributed by atoms with E-state index in [4.69, 9.17) is 16.7 Å². The van der Waals surface area contributed by atoms with Crippen molar-refractivity contribution in [2.75, 3.05) is 46.0 Å². The van der Waals surface area contributed by atoms with E-state index in [1.54, 1.807) is 12.1 Å². The Labute approximate surface area is 130 Å². The third-order valence-electron chi connectivity index (χ3n) is 3.66. The maximum Gasteiger partial charge on any atom is 0.225 e. The summed E-state index contributed by atoms with van der Waals surface area (Å²) in [5.74, 6) is 0.0233. The number of benzene rings is 1. The summed E-state index contributed by atoms with van der Waals surface area (Å²) < 4.78 is 0. The number of amides is 1. The van der Waals surface area contributed by atoms with Gasteiger partial charge in [-0.2, -0.15) is 0 Å². The largest absolute Gasteiger partial charge is 0.395 e. The second kappa shape index (κ2) is 8.34. The number of carbonyl (C=O) groups is 1. The van der Waals surface area contributed by atoms with Gasteiger partial charge in [0.2, 0.25) is 5.91 Å². The molecule has 0 bridgehead atoms. The molecule has 116 valence electrons. The number of halogens is 1. The minimum absolute atomic E-state index is 0.0233. The zero-order valence-corrected chi connectivity index (χ0v) is 12.9. The molecule has 5 nitrogen and oxygen atoms in total. The molecule has 1 fully saturated rings. The first-order valence-electron chi connectivity index (χ1n) is 7.24. The highest BCUT2D eigenvalue weighted by atomic mass is 35.5. The van der Waals surface area contributed by atoms with Crippen LogP contribution in [0.2, 0.25) is 5.02 Å². The molecule has 0 saturated carbocycles. The number of nitrogens with one attached hydrogen (secondary N) is 1. The molecule has 0 atom stereocenters. The van der Waals surface area contributed by atoms with Gasteiger partial charge in [0.15, 0.2) is 0 Å².